The average Bonchev–Trinajstić information content (AvgIpc) is 3.09. The number of Topliss-reactive ketones (excluding diaryl/α,β-unsaturated/α-hetero) is 1. The van der Waals surface area contributed by atoms with Gasteiger partial charge in [-0.1, -0.05) is 53.7 Å². The molecular weight excluding hydrogens is 396 g/mol. The Hall–Kier alpha value is -2.74. The Morgan fingerprint density at radius 2 is 1.93 bits per heavy atom. The van der Waals surface area contributed by atoms with Crippen LogP contribution in [0.25, 0.3) is 0 Å². The maximum absolute atomic E-state index is 12.7. The van der Waals surface area contributed by atoms with Gasteiger partial charge in [0.25, 0.3) is 0 Å². The fraction of sp³-hybridized carbons (Fsp3) is 0.286. The van der Waals surface area contributed by atoms with E-state index in [0.717, 1.165) is 17.0 Å². The number of hydrogen-bond acceptors (Lipinski definition) is 5. The Kier molecular flexibility index (Phi) is 6.98. The summed E-state index contributed by atoms with van der Waals surface area (Å²) < 4.78 is 31.7. The smallest absolute Gasteiger partial charge is 0.387 e. The molecule has 152 valence electrons. The topological polar surface area (TPSA) is 57.0 Å². The van der Waals surface area contributed by atoms with Crippen LogP contribution in [0.2, 0.25) is 0 Å². The lowest BCUT2D eigenvalue weighted by atomic mass is 10.1. The van der Waals surface area contributed by atoms with E-state index in [2.05, 4.69) is 14.9 Å². The maximum Gasteiger partial charge on any atom is 0.387 e. The van der Waals surface area contributed by atoms with Crippen LogP contribution >= 0.6 is 11.8 Å². The van der Waals surface area contributed by atoms with Crippen LogP contribution in [0.1, 0.15) is 34.2 Å². The molecule has 0 saturated heterocycles. The number of carbonyl (C=O) groups is 1. The molecule has 0 amide bonds. The van der Waals surface area contributed by atoms with Crippen molar-refractivity contribution >= 4 is 17.5 Å². The number of thioether (sulfide) groups is 1. The molecule has 0 spiro atoms. The van der Waals surface area contributed by atoms with Gasteiger partial charge in [-0.3, -0.25) is 4.79 Å². The van der Waals surface area contributed by atoms with Crippen LogP contribution in [-0.4, -0.2) is 32.9 Å². The van der Waals surface area contributed by atoms with E-state index in [4.69, 9.17) is 0 Å². The average molecular weight is 417 g/mol. The maximum atomic E-state index is 12.7. The molecule has 0 fully saturated rings. The SMILES string of the molecule is CCn1c(Cc2ccccc2)nnc1SCC(=O)c1cc(C)ccc1OC(F)F. The molecule has 0 aliphatic heterocycles. The number of nitrogens with zero attached hydrogens (tertiary/aromatic N) is 3. The molecule has 5 nitrogen and oxygen atoms in total. The van der Waals surface area contributed by atoms with Crippen molar-refractivity contribution in [3.63, 3.8) is 0 Å². The molecule has 1 aromatic heterocycles. The van der Waals surface area contributed by atoms with Crippen LogP contribution in [0.5, 0.6) is 5.75 Å². The fourth-order valence-corrected chi connectivity index (χ4v) is 3.83. The van der Waals surface area contributed by atoms with E-state index in [1.807, 2.05) is 41.8 Å². The molecule has 29 heavy (non-hydrogen) atoms. The first-order valence-electron chi connectivity index (χ1n) is 9.15. The first kappa shape index (κ1) is 21.0. The van der Waals surface area contributed by atoms with E-state index in [0.29, 0.717) is 18.1 Å². The number of aromatic nitrogens is 3. The van der Waals surface area contributed by atoms with Crippen molar-refractivity contribution in [3.8, 4) is 5.75 Å². The fourth-order valence-electron chi connectivity index (χ4n) is 2.92. The first-order chi connectivity index (χ1) is 14.0. The predicted molar refractivity (Wildman–Crippen MR) is 108 cm³/mol. The van der Waals surface area contributed by atoms with E-state index < -0.39 is 6.61 Å². The molecule has 0 atom stereocenters. The van der Waals surface area contributed by atoms with Gasteiger partial charge in [0.2, 0.25) is 0 Å². The number of hydrogen-bond donors (Lipinski definition) is 0. The molecule has 0 aliphatic carbocycles. The van der Waals surface area contributed by atoms with Crippen LogP contribution < -0.4 is 4.74 Å². The van der Waals surface area contributed by atoms with Crippen LogP contribution in [0.15, 0.2) is 53.7 Å². The van der Waals surface area contributed by atoms with E-state index in [1.54, 1.807) is 19.1 Å². The minimum absolute atomic E-state index is 0.0481. The van der Waals surface area contributed by atoms with E-state index >= 15 is 0 Å². The standard InChI is InChI=1S/C21H21F2N3O2S/c1-3-26-19(12-15-7-5-4-6-8-15)24-25-21(26)29-13-17(27)16-11-14(2)9-10-18(16)28-20(22)23/h4-11,20H,3,12-13H2,1-2H3. The number of ether oxygens (including phenoxy) is 1. The van der Waals surface area contributed by atoms with Crippen LogP contribution in [0.4, 0.5) is 8.78 Å². The number of carbonyl (C=O) groups excluding carboxylic acids is 1. The third kappa shape index (κ3) is 5.41. The lowest BCUT2D eigenvalue weighted by Crippen LogP contribution is -2.11. The molecule has 3 aromatic rings. The van der Waals surface area contributed by atoms with Crippen molar-refractivity contribution in [3.05, 3.63) is 71.0 Å². The Morgan fingerprint density at radius 1 is 1.17 bits per heavy atom. The summed E-state index contributed by atoms with van der Waals surface area (Å²) in [4.78, 5) is 12.7. The molecule has 0 unspecified atom stereocenters. The highest BCUT2D eigenvalue weighted by Crippen LogP contribution is 2.26. The van der Waals surface area contributed by atoms with Gasteiger partial charge in [0.05, 0.1) is 11.3 Å². The predicted octanol–water partition coefficient (Wildman–Crippen LogP) is 4.77. The Bertz CT molecular complexity index is 977. The van der Waals surface area contributed by atoms with Gasteiger partial charge in [0.1, 0.15) is 11.6 Å². The highest BCUT2D eigenvalue weighted by Gasteiger charge is 2.18. The van der Waals surface area contributed by atoms with Crippen LogP contribution in [-0.2, 0) is 13.0 Å². The summed E-state index contributed by atoms with van der Waals surface area (Å²) in [7, 11) is 0. The van der Waals surface area contributed by atoms with Gasteiger partial charge in [-0.2, -0.15) is 8.78 Å². The van der Waals surface area contributed by atoms with Crippen molar-refractivity contribution in [2.75, 3.05) is 5.75 Å². The Labute approximate surface area is 172 Å². The van der Waals surface area contributed by atoms with E-state index in [1.165, 1.54) is 17.8 Å². The van der Waals surface area contributed by atoms with Crippen molar-refractivity contribution < 1.29 is 18.3 Å². The van der Waals surface area contributed by atoms with Gasteiger partial charge in [0.15, 0.2) is 10.9 Å². The zero-order chi connectivity index (χ0) is 20.8. The van der Waals surface area contributed by atoms with Gasteiger partial charge in [0, 0.05) is 13.0 Å². The second kappa shape index (κ2) is 9.65. The zero-order valence-electron chi connectivity index (χ0n) is 16.1. The highest BCUT2D eigenvalue weighted by atomic mass is 32.2. The molecule has 0 saturated carbocycles. The van der Waals surface area contributed by atoms with Gasteiger partial charge in [-0.25, -0.2) is 0 Å². The second-order valence-electron chi connectivity index (χ2n) is 6.40. The lowest BCUT2D eigenvalue weighted by molar-refractivity contribution is -0.0501. The van der Waals surface area contributed by atoms with Crippen molar-refractivity contribution in [2.24, 2.45) is 0 Å². The van der Waals surface area contributed by atoms with Crippen molar-refractivity contribution in [2.45, 2.75) is 38.6 Å². The zero-order valence-corrected chi connectivity index (χ0v) is 17.0. The number of rotatable bonds is 9. The Balaban J connectivity index is 1.73. The molecular formula is C21H21F2N3O2S. The lowest BCUT2D eigenvalue weighted by Gasteiger charge is -2.11. The van der Waals surface area contributed by atoms with Gasteiger partial charge >= 0.3 is 6.61 Å². The molecule has 0 bridgehead atoms. The summed E-state index contributed by atoms with van der Waals surface area (Å²) in [6.07, 6.45) is 0.639. The monoisotopic (exact) mass is 417 g/mol. The normalized spacial score (nSPS) is 11.1. The largest absolute Gasteiger partial charge is 0.434 e. The second-order valence-corrected chi connectivity index (χ2v) is 7.34. The molecule has 0 radical (unpaired) electrons. The number of ketones is 1. The van der Waals surface area contributed by atoms with Gasteiger partial charge in [-0.05, 0) is 31.5 Å². The van der Waals surface area contributed by atoms with Crippen LogP contribution in [0.3, 0.4) is 0 Å². The van der Waals surface area contributed by atoms with Crippen molar-refractivity contribution in [1.82, 2.24) is 14.8 Å². The highest BCUT2D eigenvalue weighted by molar-refractivity contribution is 7.99. The number of alkyl halides is 2. The molecule has 8 heteroatoms. The number of aryl methyl sites for hydroxylation is 1. The minimum atomic E-state index is -2.99. The first-order valence-corrected chi connectivity index (χ1v) is 10.1. The Morgan fingerprint density at radius 3 is 2.62 bits per heavy atom. The van der Waals surface area contributed by atoms with Gasteiger partial charge < -0.3 is 9.30 Å². The molecule has 0 aliphatic rings. The van der Waals surface area contributed by atoms with E-state index in [9.17, 15) is 13.6 Å². The third-order valence-electron chi connectivity index (χ3n) is 4.30. The summed E-state index contributed by atoms with van der Waals surface area (Å²) in [5.41, 5.74) is 2.06. The molecule has 1 heterocycles. The molecule has 0 N–H and O–H groups in total. The third-order valence-corrected chi connectivity index (χ3v) is 5.27. The summed E-state index contributed by atoms with van der Waals surface area (Å²) in [6, 6.07) is 14.5. The minimum Gasteiger partial charge on any atom is -0.434 e. The molecule has 2 aromatic carbocycles. The van der Waals surface area contributed by atoms with Crippen LogP contribution in [0, 0.1) is 6.92 Å². The summed E-state index contributed by atoms with van der Waals surface area (Å²) in [5.74, 6) is 0.445. The summed E-state index contributed by atoms with van der Waals surface area (Å²) in [6.45, 7) is 1.45. The van der Waals surface area contributed by atoms with Crippen molar-refractivity contribution in [1.29, 1.82) is 0 Å². The van der Waals surface area contributed by atoms with E-state index in [-0.39, 0.29) is 22.8 Å². The summed E-state index contributed by atoms with van der Waals surface area (Å²) in [5, 5.41) is 9.09. The molecule has 3 rings (SSSR count). The number of halogens is 2. The number of benzene rings is 2. The quantitative estimate of drug-likeness (QED) is 0.371. The van der Waals surface area contributed by atoms with Gasteiger partial charge in [-0.15, -0.1) is 10.2 Å². The summed E-state index contributed by atoms with van der Waals surface area (Å²) >= 11 is 1.24.